The molecule has 3 fully saturated rings. The van der Waals surface area contributed by atoms with Crippen LogP contribution in [-0.2, 0) is 16.0 Å². The summed E-state index contributed by atoms with van der Waals surface area (Å²) in [6.07, 6.45) is 5.84. The first-order chi connectivity index (χ1) is 17.4. The number of carbonyl (C=O) groups is 2. The Balaban J connectivity index is 1.36. The van der Waals surface area contributed by atoms with Gasteiger partial charge in [0.05, 0.1) is 6.10 Å². The van der Waals surface area contributed by atoms with E-state index in [9.17, 15) is 24.2 Å². The summed E-state index contributed by atoms with van der Waals surface area (Å²) in [7, 11) is 0. The largest absolute Gasteiger partial charge is 0.390 e. The summed E-state index contributed by atoms with van der Waals surface area (Å²) in [5, 5.41) is 26.3. The lowest BCUT2D eigenvalue weighted by Crippen LogP contribution is -2.70. The molecule has 1 aromatic rings. The first-order valence-corrected chi connectivity index (χ1v) is 13.4. The number of hydrogen-bond donors (Lipinski definition) is 3. The van der Waals surface area contributed by atoms with Crippen molar-refractivity contribution in [2.75, 3.05) is 6.54 Å². The van der Waals surface area contributed by atoms with E-state index in [1.165, 1.54) is 24.3 Å². The van der Waals surface area contributed by atoms with E-state index < -0.39 is 45.9 Å². The number of halogens is 2. The Morgan fingerprint density at radius 1 is 1.19 bits per heavy atom. The van der Waals surface area contributed by atoms with E-state index in [2.05, 4.69) is 5.32 Å². The summed E-state index contributed by atoms with van der Waals surface area (Å²) in [6, 6.07) is 6.24. The molecule has 200 valence electrons. The lowest BCUT2D eigenvalue weighted by atomic mass is 9.44. The topological polar surface area (TPSA) is 86.6 Å². The number of aliphatic hydroxyl groups is 2. The molecule has 37 heavy (non-hydrogen) atoms. The summed E-state index contributed by atoms with van der Waals surface area (Å²) in [5.74, 6) is -2.20. The number of allylic oxidation sites excluding steroid dienone is 4. The van der Waals surface area contributed by atoms with E-state index in [-0.39, 0.29) is 23.9 Å². The number of nitrogens with one attached hydrogen (secondary N) is 1. The van der Waals surface area contributed by atoms with Crippen molar-refractivity contribution >= 4 is 11.7 Å². The van der Waals surface area contributed by atoms with Gasteiger partial charge in [0.1, 0.15) is 5.82 Å². The minimum Gasteiger partial charge on any atom is -0.390 e. The molecule has 0 saturated heterocycles. The van der Waals surface area contributed by atoms with Crippen molar-refractivity contribution in [2.45, 2.75) is 76.7 Å². The maximum Gasteiger partial charge on any atom is 0.252 e. The van der Waals surface area contributed by atoms with E-state index in [4.69, 9.17) is 0 Å². The van der Waals surface area contributed by atoms with Crippen molar-refractivity contribution in [2.24, 2.45) is 28.6 Å². The second-order valence-corrected chi connectivity index (χ2v) is 12.2. The lowest BCUT2D eigenvalue weighted by molar-refractivity contribution is -0.219. The molecule has 7 heteroatoms. The van der Waals surface area contributed by atoms with Gasteiger partial charge in [0, 0.05) is 23.3 Å². The van der Waals surface area contributed by atoms with Crippen molar-refractivity contribution in [1.29, 1.82) is 0 Å². The number of alkyl halides is 1. The van der Waals surface area contributed by atoms with Gasteiger partial charge in [-0.2, -0.15) is 0 Å². The minimum atomic E-state index is -1.99. The van der Waals surface area contributed by atoms with Gasteiger partial charge >= 0.3 is 0 Å². The van der Waals surface area contributed by atoms with Crippen molar-refractivity contribution in [3.8, 4) is 0 Å². The molecule has 0 unspecified atom stereocenters. The molecule has 0 spiro atoms. The number of carbonyl (C=O) groups excluding carboxylic acids is 2. The van der Waals surface area contributed by atoms with E-state index in [1.54, 1.807) is 25.1 Å². The second-order valence-electron chi connectivity index (χ2n) is 12.2. The molecule has 5 nitrogen and oxygen atoms in total. The fraction of sp³-hybridized carbons (Fsp3) is 0.600. The molecule has 1 aromatic carbocycles. The fourth-order valence-corrected chi connectivity index (χ4v) is 8.31. The molecular weight excluding hydrogens is 476 g/mol. The van der Waals surface area contributed by atoms with Gasteiger partial charge in [0.25, 0.3) is 5.91 Å². The summed E-state index contributed by atoms with van der Waals surface area (Å²) in [6.45, 7) is 5.77. The van der Waals surface area contributed by atoms with Crippen LogP contribution in [0.15, 0.2) is 48.1 Å². The van der Waals surface area contributed by atoms with Gasteiger partial charge in [-0.15, -0.1) is 0 Å². The molecule has 0 bridgehead atoms. The Labute approximate surface area is 217 Å². The monoisotopic (exact) mass is 513 g/mol. The molecule has 0 radical (unpaired) electrons. The maximum absolute atomic E-state index is 17.2. The smallest absolute Gasteiger partial charge is 0.252 e. The maximum atomic E-state index is 17.2. The van der Waals surface area contributed by atoms with Crippen LogP contribution in [-0.4, -0.2) is 45.8 Å². The fourth-order valence-electron chi connectivity index (χ4n) is 8.31. The molecule has 1 amide bonds. The summed E-state index contributed by atoms with van der Waals surface area (Å²) >= 11 is 0. The van der Waals surface area contributed by atoms with Crippen LogP contribution < -0.4 is 5.32 Å². The normalized spacial score (nSPS) is 42.5. The van der Waals surface area contributed by atoms with E-state index in [0.717, 1.165) is 5.56 Å². The number of fused-ring (bicyclic) bond motifs is 5. The first-order valence-electron chi connectivity index (χ1n) is 13.4. The predicted molar refractivity (Wildman–Crippen MR) is 136 cm³/mol. The molecule has 0 aromatic heterocycles. The van der Waals surface area contributed by atoms with Gasteiger partial charge in [-0.1, -0.05) is 37.6 Å². The molecule has 0 heterocycles. The first kappa shape index (κ1) is 26.2. The van der Waals surface area contributed by atoms with Gasteiger partial charge < -0.3 is 15.5 Å². The number of amides is 1. The number of aryl methyl sites for hydroxylation is 1. The number of benzene rings is 1. The van der Waals surface area contributed by atoms with Crippen molar-refractivity contribution in [3.63, 3.8) is 0 Å². The highest BCUT2D eigenvalue weighted by molar-refractivity contribution is 6.01. The molecule has 4 aliphatic rings. The highest BCUT2D eigenvalue weighted by atomic mass is 19.1. The Morgan fingerprint density at radius 2 is 1.89 bits per heavy atom. The average Bonchev–Trinajstić information content (AvgIpc) is 3.05. The minimum absolute atomic E-state index is 0.0425. The van der Waals surface area contributed by atoms with Crippen LogP contribution in [0.1, 0.15) is 58.4 Å². The van der Waals surface area contributed by atoms with Crippen LogP contribution in [0.3, 0.4) is 0 Å². The quantitative estimate of drug-likeness (QED) is 0.515. The SMILES string of the molecule is C[C@@H]1C[C@H]2[C@@H]3CCC4=CC(=O)C=C[C@]4(C)[C@@]3(F)[C@@H](O)C[C@]2(C)[C@@]1(O)C(=O)NCCCc1ccc(F)cc1. The average molecular weight is 514 g/mol. The van der Waals surface area contributed by atoms with Gasteiger partial charge in [-0.25, -0.2) is 8.78 Å². The lowest BCUT2D eigenvalue weighted by Gasteiger charge is -2.62. The molecule has 3 N–H and O–H groups in total. The Hall–Kier alpha value is -2.38. The molecule has 3 saturated carbocycles. The van der Waals surface area contributed by atoms with Crippen molar-refractivity contribution in [3.05, 3.63) is 59.4 Å². The molecule has 8 atom stereocenters. The van der Waals surface area contributed by atoms with Crippen LogP contribution >= 0.6 is 0 Å². The summed E-state index contributed by atoms with van der Waals surface area (Å²) in [4.78, 5) is 25.5. The summed E-state index contributed by atoms with van der Waals surface area (Å²) < 4.78 is 30.4. The highest BCUT2D eigenvalue weighted by Crippen LogP contribution is 2.70. The van der Waals surface area contributed by atoms with Crippen molar-refractivity contribution in [1.82, 2.24) is 5.32 Å². The van der Waals surface area contributed by atoms with Crippen LogP contribution in [0.4, 0.5) is 8.78 Å². The Morgan fingerprint density at radius 3 is 2.59 bits per heavy atom. The zero-order chi connectivity index (χ0) is 26.8. The van der Waals surface area contributed by atoms with Gasteiger partial charge in [0.2, 0.25) is 0 Å². The van der Waals surface area contributed by atoms with E-state index in [0.29, 0.717) is 44.2 Å². The molecule has 5 rings (SSSR count). The number of aliphatic hydroxyl groups excluding tert-OH is 1. The zero-order valence-corrected chi connectivity index (χ0v) is 21.8. The van der Waals surface area contributed by atoms with Crippen LogP contribution in [0, 0.1) is 34.4 Å². The van der Waals surface area contributed by atoms with Crippen LogP contribution in [0.25, 0.3) is 0 Å². The molecule has 0 aliphatic heterocycles. The second kappa shape index (κ2) is 8.84. The zero-order valence-electron chi connectivity index (χ0n) is 21.8. The third-order valence-corrected chi connectivity index (χ3v) is 10.4. The Kier molecular flexibility index (Phi) is 6.27. The van der Waals surface area contributed by atoms with E-state index in [1.807, 2.05) is 13.8 Å². The third kappa shape index (κ3) is 3.60. The highest BCUT2D eigenvalue weighted by Gasteiger charge is 2.75. The third-order valence-electron chi connectivity index (χ3n) is 10.4. The van der Waals surface area contributed by atoms with Gasteiger partial charge in [-0.05, 0) is 87.1 Å². The van der Waals surface area contributed by atoms with E-state index >= 15 is 4.39 Å². The van der Waals surface area contributed by atoms with Crippen molar-refractivity contribution < 1.29 is 28.6 Å². The Bertz CT molecular complexity index is 1160. The number of rotatable bonds is 5. The molecular formula is C30H37F2NO4. The predicted octanol–water partition coefficient (Wildman–Crippen LogP) is 4.22. The summed E-state index contributed by atoms with van der Waals surface area (Å²) in [5.41, 5.74) is -4.17. The van der Waals surface area contributed by atoms with Crippen LogP contribution in [0.2, 0.25) is 0 Å². The van der Waals surface area contributed by atoms with Gasteiger partial charge in [0.15, 0.2) is 17.1 Å². The standard InChI is InChI=1S/C30H37F2NO4/c1-18-15-24-23-11-8-20-16-22(34)12-13-27(20,2)29(23,32)25(35)17-28(24,3)30(18,37)26(36)33-14-4-5-19-6-9-21(31)10-7-19/h6-7,9-10,12-13,16,18,23-25,35,37H,4-5,8,11,14-15,17H2,1-3H3,(H,33,36)/t18-,23+,24+,25+,27+,28+,29+,30+/m1/s1. The number of hydrogen-bond acceptors (Lipinski definition) is 4. The van der Waals surface area contributed by atoms with Crippen LogP contribution in [0.5, 0.6) is 0 Å². The van der Waals surface area contributed by atoms with Gasteiger partial charge in [-0.3, -0.25) is 9.59 Å². The number of ketones is 1. The molecule has 4 aliphatic carbocycles.